The number of carbonyl (C=O) groups is 1. The first kappa shape index (κ1) is 18.3. The molecule has 0 aromatic heterocycles. The van der Waals surface area contributed by atoms with Gasteiger partial charge in [-0.1, -0.05) is 24.3 Å². The molecule has 0 saturated carbocycles. The molecule has 128 valence electrons. The maximum atomic E-state index is 11.8. The average Bonchev–Trinajstić information content (AvgIpc) is 2.89. The Hall–Kier alpha value is -1.05. The van der Waals surface area contributed by atoms with Gasteiger partial charge in [0.05, 0.1) is 23.9 Å². The van der Waals surface area contributed by atoms with E-state index in [1.807, 2.05) is 31.2 Å². The number of hydrogen-bond donors (Lipinski definition) is 1. The standard InChI is InChI=1S/C16H23NO4S2/c1-2-21-10-14-5-3-13(4-6-14)9-17-16(18)11-22-15-7-8-23(19,20)12-15/h3-6,15H,2,7-12H2,1H3,(H,17,18). The molecule has 5 nitrogen and oxygen atoms in total. The van der Waals surface area contributed by atoms with E-state index in [4.69, 9.17) is 4.74 Å². The van der Waals surface area contributed by atoms with Crippen molar-refractivity contribution in [1.82, 2.24) is 5.32 Å². The second kappa shape index (κ2) is 8.70. The Bertz CT molecular complexity index is 613. The summed E-state index contributed by atoms with van der Waals surface area (Å²) in [5, 5.41) is 2.92. The Kier molecular flexibility index (Phi) is 6.92. The average molecular weight is 357 g/mol. The Morgan fingerprint density at radius 3 is 2.61 bits per heavy atom. The minimum Gasteiger partial charge on any atom is -0.377 e. The molecule has 1 amide bonds. The predicted octanol–water partition coefficient (Wildman–Crippen LogP) is 1.76. The summed E-state index contributed by atoms with van der Waals surface area (Å²) in [7, 11) is -2.87. The molecule has 1 aliphatic rings. The summed E-state index contributed by atoms with van der Waals surface area (Å²) < 4.78 is 28.1. The lowest BCUT2D eigenvalue weighted by Gasteiger charge is -2.09. The number of thioether (sulfide) groups is 1. The van der Waals surface area contributed by atoms with Gasteiger partial charge in [-0.3, -0.25) is 4.79 Å². The van der Waals surface area contributed by atoms with E-state index in [-0.39, 0.29) is 22.7 Å². The van der Waals surface area contributed by atoms with E-state index in [0.717, 1.165) is 11.1 Å². The molecule has 1 unspecified atom stereocenters. The van der Waals surface area contributed by atoms with Crippen LogP contribution >= 0.6 is 11.8 Å². The van der Waals surface area contributed by atoms with Crippen molar-refractivity contribution in [3.63, 3.8) is 0 Å². The molecule has 0 radical (unpaired) electrons. The number of hydrogen-bond acceptors (Lipinski definition) is 5. The molecule has 23 heavy (non-hydrogen) atoms. The van der Waals surface area contributed by atoms with Gasteiger partial charge in [0, 0.05) is 18.4 Å². The number of carbonyl (C=O) groups excluding carboxylic acids is 1. The van der Waals surface area contributed by atoms with Crippen LogP contribution in [-0.2, 0) is 32.5 Å². The van der Waals surface area contributed by atoms with Crippen LogP contribution in [0.1, 0.15) is 24.5 Å². The summed E-state index contributed by atoms with van der Waals surface area (Å²) in [4.78, 5) is 11.8. The Labute approximate surface area is 142 Å². The van der Waals surface area contributed by atoms with Crippen molar-refractivity contribution in [2.75, 3.05) is 23.9 Å². The van der Waals surface area contributed by atoms with E-state index in [1.54, 1.807) is 0 Å². The third-order valence-electron chi connectivity index (χ3n) is 3.63. The van der Waals surface area contributed by atoms with Crippen molar-refractivity contribution in [1.29, 1.82) is 0 Å². The maximum absolute atomic E-state index is 11.8. The number of ether oxygens (including phenoxy) is 1. The van der Waals surface area contributed by atoms with Crippen molar-refractivity contribution < 1.29 is 17.9 Å². The molecule has 1 aromatic carbocycles. The Morgan fingerprint density at radius 1 is 1.30 bits per heavy atom. The van der Waals surface area contributed by atoms with Crippen LogP contribution < -0.4 is 5.32 Å². The fourth-order valence-corrected chi connectivity index (χ4v) is 5.78. The van der Waals surface area contributed by atoms with E-state index >= 15 is 0 Å². The van der Waals surface area contributed by atoms with Crippen LogP contribution in [0.4, 0.5) is 0 Å². The lowest BCUT2D eigenvalue weighted by atomic mass is 10.1. The molecule has 1 N–H and O–H groups in total. The molecule has 0 spiro atoms. The van der Waals surface area contributed by atoms with Gasteiger partial charge in [-0.25, -0.2) is 8.42 Å². The van der Waals surface area contributed by atoms with Crippen LogP contribution in [0.25, 0.3) is 0 Å². The fraction of sp³-hybridized carbons (Fsp3) is 0.562. The number of nitrogens with one attached hydrogen (secondary N) is 1. The zero-order valence-electron chi connectivity index (χ0n) is 13.3. The van der Waals surface area contributed by atoms with Crippen LogP contribution in [0, 0.1) is 0 Å². The number of sulfone groups is 1. The summed E-state index contributed by atoms with van der Waals surface area (Å²) in [6.45, 7) is 3.74. The topological polar surface area (TPSA) is 72.5 Å². The quantitative estimate of drug-likeness (QED) is 0.767. The van der Waals surface area contributed by atoms with Crippen LogP contribution in [0.15, 0.2) is 24.3 Å². The molecular weight excluding hydrogens is 334 g/mol. The van der Waals surface area contributed by atoms with Crippen LogP contribution in [0.2, 0.25) is 0 Å². The van der Waals surface area contributed by atoms with Gasteiger partial charge in [-0.2, -0.15) is 0 Å². The molecule has 1 aliphatic heterocycles. The second-order valence-corrected chi connectivity index (χ2v) is 9.08. The van der Waals surface area contributed by atoms with Gasteiger partial charge in [-0.15, -0.1) is 11.8 Å². The van der Waals surface area contributed by atoms with E-state index in [1.165, 1.54) is 11.8 Å². The highest BCUT2D eigenvalue weighted by Gasteiger charge is 2.28. The lowest BCUT2D eigenvalue weighted by Crippen LogP contribution is -2.25. The summed E-state index contributed by atoms with van der Waals surface area (Å²) in [5.41, 5.74) is 2.15. The first-order valence-corrected chi connectivity index (χ1v) is 10.6. The van der Waals surface area contributed by atoms with Crippen molar-refractivity contribution in [3.05, 3.63) is 35.4 Å². The Balaban J connectivity index is 1.68. The van der Waals surface area contributed by atoms with E-state index in [9.17, 15) is 13.2 Å². The smallest absolute Gasteiger partial charge is 0.230 e. The molecule has 1 atom stereocenters. The minimum atomic E-state index is -2.87. The predicted molar refractivity (Wildman–Crippen MR) is 93.1 cm³/mol. The van der Waals surface area contributed by atoms with Gasteiger partial charge >= 0.3 is 0 Å². The van der Waals surface area contributed by atoms with Crippen LogP contribution in [0.3, 0.4) is 0 Å². The zero-order valence-corrected chi connectivity index (χ0v) is 14.9. The number of rotatable bonds is 8. The third-order valence-corrected chi connectivity index (χ3v) is 6.91. The molecule has 1 fully saturated rings. The van der Waals surface area contributed by atoms with Crippen molar-refractivity contribution in [2.24, 2.45) is 0 Å². The summed E-state index contributed by atoms with van der Waals surface area (Å²) in [5.74, 6) is 0.701. The fourth-order valence-electron chi connectivity index (χ4n) is 2.31. The number of amides is 1. The molecule has 0 aliphatic carbocycles. The minimum absolute atomic E-state index is 0.0577. The zero-order chi connectivity index (χ0) is 16.7. The summed E-state index contributed by atoms with van der Waals surface area (Å²) in [6.07, 6.45) is 0.654. The van der Waals surface area contributed by atoms with Crippen LogP contribution in [-0.4, -0.2) is 43.4 Å². The highest BCUT2D eigenvalue weighted by molar-refractivity contribution is 8.02. The highest BCUT2D eigenvalue weighted by atomic mass is 32.2. The van der Waals surface area contributed by atoms with Gasteiger partial charge in [0.25, 0.3) is 0 Å². The van der Waals surface area contributed by atoms with E-state index in [2.05, 4.69) is 5.32 Å². The Morgan fingerprint density at radius 2 is 2.00 bits per heavy atom. The SMILES string of the molecule is CCOCc1ccc(CNC(=O)CSC2CCS(=O)(=O)C2)cc1. The molecule has 1 saturated heterocycles. The molecule has 7 heteroatoms. The second-order valence-electron chi connectivity index (χ2n) is 5.57. The first-order chi connectivity index (χ1) is 11.0. The largest absolute Gasteiger partial charge is 0.377 e. The molecule has 1 aromatic rings. The van der Waals surface area contributed by atoms with Gasteiger partial charge in [-0.05, 0) is 24.5 Å². The van der Waals surface area contributed by atoms with Gasteiger partial charge in [0.15, 0.2) is 9.84 Å². The number of benzene rings is 1. The summed E-state index contributed by atoms with van der Waals surface area (Å²) in [6, 6.07) is 7.95. The maximum Gasteiger partial charge on any atom is 0.230 e. The van der Waals surface area contributed by atoms with Crippen molar-refractivity contribution in [3.8, 4) is 0 Å². The third kappa shape index (κ3) is 6.53. The molecule has 2 rings (SSSR count). The van der Waals surface area contributed by atoms with E-state index < -0.39 is 9.84 Å². The van der Waals surface area contributed by atoms with Crippen LogP contribution in [0.5, 0.6) is 0 Å². The van der Waals surface area contributed by atoms with Gasteiger partial charge in [0.1, 0.15) is 0 Å². The molecule has 0 bridgehead atoms. The molecule has 1 heterocycles. The lowest BCUT2D eigenvalue weighted by molar-refractivity contribution is -0.118. The van der Waals surface area contributed by atoms with E-state index in [0.29, 0.717) is 31.9 Å². The summed E-state index contributed by atoms with van der Waals surface area (Å²) >= 11 is 1.43. The van der Waals surface area contributed by atoms with Crippen molar-refractivity contribution >= 4 is 27.5 Å². The van der Waals surface area contributed by atoms with Crippen molar-refractivity contribution in [2.45, 2.75) is 31.7 Å². The highest BCUT2D eigenvalue weighted by Crippen LogP contribution is 2.23. The first-order valence-electron chi connectivity index (χ1n) is 7.73. The normalized spacial score (nSPS) is 19.6. The monoisotopic (exact) mass is 357 g/mol. The van der Waals surface area contributed by atoms with Gasteiger partial charge in [0.2, 0.25) is 5.91 Å². The molecular formula is C16H23NO4S2. The van der Waals surface area contributed by atoms with Gasteiger partial charge < -0.3 is 10.1 Å².